The summed E-state index contributed by atoms with van der Waals surface area (Å²) in [5.41, 5.74) is 0.687. The number of amides is 1. The van der Waals surface area contributed by atoms with E-state index in [9.17, 15) is 14.7 Å². The molecular formula is C13H17NO5. The van der Waals surface area contributed by atoms with Gasteiger partial charge in [0.05, 0.1) is 13.2 Å². The lowest BCUT2D eigenvalue weighted by Gasteiger charge is -2.11. The molecule has 19 heavy (non-hydrogen) atoms. The summed E-state index contributed by atoms with van der Waals surface area (Å²) in [5, 5.41) is 20.5. The average molecular weight is 267 g/mol. The normalized spacial score (nSPS) is 11.7. The number of methoxy groups -OCH3 is 1. The smallest absolute Gasteiger partial charge is 0.322 e. The first-order valence-corrected chi connectivity index (χ1v) is 5.83. The van der Waals surface area contributed by atoms with Gasteiger partial charge in [-0.05, 0) is 24.1 Å². The van der Waals surface area contributed by atoms with Gasteiger partial charge >= 0.3 is 5.97 Å². The molecule has 0 aliphatic rings. The number of ether oxygens (including phenoxy) is 1. The number of carbonyl (C=O) groups excluding carboxylic acids is 1. The number of aliphatic hydroxyl groups is 1. The third-order valence-corrected chi connectivity index (χ3v) is 2.58. The average Bonchev–Trinajstić information content (AvgIpc) is 2.42. The van der Waals surface area contributed by atoms with Crippen molar-refractivity contribution < 1.29 is 24.5 Å². The maximum atomic E-state index is 11.3. The third-order valence-electron chi connectivity index (χ3n) is 2.58. The van der Waals surface area contributed by atoms with Gasteiger partial charge in [-0.25, -0.2) is 0 Å². The lowest BCUT2D eigenvalue weighted by atomic mass is 10.0. The number of hydrogen-bond donors (Lipinski definition) is 3. The predicted octanol–water partition coefficient (Wildman–Crippen LogP) is 0.710. The Balaban J connectivity index is 2.39. The van der Waals surface area contributed by atoms with Gasteiger partial charge in [0, 0.05) is 6.42 Å². The second-order valence-corrected chi connectivity index (χ2v) is 4.00. The van der Waals surface area contributed by atoms with Gasteiger partial charge in [0.15, 0.2) is 0 Å². The summed E-state index contributed by atoms with van der Waals surface area (Å²) in [6.45, 7) is -0.405. The van der Waals surface area contributed by atoms with E-state index in [0.717, 1.165) is 0 Å². The molecule has 3 N–H and O–H groups in total. The van der Waals surface area contributed by atoms with Gasteiger partial charge in [-0.1, -0.05) is 12.1 Å². The molecule has 6 nitrogen and oxygen atoms in total. The summed E-state index contributed by atoms with van der Waals surface area (Å²) >= 11 is 0. The van der Waals surface area contributed by atoms with Crippen LogP contribution in [0.25, 0.3) is 0 Å². The van der Waals surface area contributed by atoms with Crippen molar-refractivity contribution >= 4 is 11.9 Å². The minimum absolute atomic E-state index is 0.0699. The van der Waals surface area contributed by atoms with Gasteiger partial charge in [-0.3, -0.25) is 9.59 Å². The first-order valence-electron chi connectivity index (χ1n) is 5.83. The van der Waals surface area contributed by atoms with Crippen LogP contribution in [0.5, 0.6) is 5.75 Å². The minimum Gasteiger partial charge on any atom is -0.497 e. The Labute approximate surface area is 111 Å². The number of carboxylic acids is 1. The molecule has 1 unspecified atom stereocenters. The van der Waals surface area contributed by atoms with Crippen molar-refractivity contribution in [2.24, 2.45) is 0 Å². The molecule has 1 atom stereocenters. The summed E-state index contributed by atoms with van der Waals surface area (Å²) in [4.78, 5) is 21.5. The lowest BCUT2D eigenvalue weighted by Crippen LogP contribution is -2.29. The molecule has 0 saturated heterocycles. The molecule has 1 aromatic carbocycles. The van der Waals surface area contributed by atoms with Crippen LogP contribution in [0, 0.1) is 0 Å². The topological polar surface area (TPSA) is 95.9 Å². The van der Waals surface area contributed by atoms with E-state index in [4.69, 9.17) is 9.84 Å². The Hall–Kier alpha value is -2.08. The summed E-state index contributed by atoms with van der Waals surface area (Å²) in [7, 11) is 1.55. The van der Waals surface area contributed by atoms with E-state index in [1.807, 2.05) is 0 Å². The van der Waals surface area contributed by atoms with Crippen LogP contribution in [0.2, 0.25) is 0 Å². The van der Waals surface area contributed by atoms with Crippen molar-refractivity contribution in [1.29, 1.82) is 0 Å². The van der Waals surface area contributed by atoms with E-state index in [2.05, 4.69) is 5.32 Å². The van der Waals surface area contributed by atoms with E-state index in [0.29, 0.717) is 11.3 Å². The zero-order chi connectivity index (χ0) is 14.3. The molecule has 1 amide bonds. The maximum Gasteiger partial charge on any atom is 0.322 e. The van der Waals surface area contributed by atoms with Crippen LogP contribution in [0.4, 0.5) is 0 Å². The van der Waals surface area contributed by atoms with Crippen LogP contribution in [-0.2, 0) is 9.59 Å². The molecule has 0 aliphatic heterocycles. The van der Waals surface area contributed by atoms with Gasteiger partial charge in [-0.15, -0.1) is 0 Å². The minimum atomic E-state index is -1.09. The molecule has 0 fully saturated rings. The van der Waals surface area contributed by atoms with Crippen LogP contribution in [0.15, 0.2) is 24.3 Å². The summed E-state index contributed by atoms with van der Waals surface area (Å²) in [5.74, 6) is -0.797. The maximum absolute atomic E-state index is 11.3. The van der Waals surface area contributed by atoms with Gasteiger partial charge in [0.25, 0.3) is 0 Å². The van der Waals surface area contributed by atoms with Gasteiger partial charge in [0.2, 0.25) is 5.91 Å². The van der Waals surface area contributed by atoms with E-state index in [-0.39, 0.29) is 12.8 Å². The highest BCUT2D eigenvalue weighted by atomic mass is 16.5. The molecule has 6 heteroatoms. The molecule has 0 bridgehead atoms. The molecule has 0 saturated carbocycles. The highest BCUT2D eigenvalue weighted by Gasteiger charge is 2.11. The van der Waals surface area contributed by atoms with Crippen molar-refractivity contribution in [2.45, 2.75) is 18.9 Å². The number of aliphatic carboxylic acids is 1. The third kappa shape index (κ3) is 5.39. The number of carboxylic acid groups (broad SMARTS) is 1. The molecule has 1 rings (SSSR count). The van der Waals surface area contributed by atoms with Crippen molar-refractivity contribution in [3.63, 3.8) is 0 Å². The van der Waals surface area contributed by atoms with E-state index in [1.165, 1.54) is 0 Å². The van der Waals surface area contributed by atoms with Crippen LogP contribution < -0.4 is 10.1 Å². The molecular weight excluding hydrogens is 250 g/mol. The summed E-state index contributed by atoms with van der Waals surface area (Å²) < 4.78 is 5.00. The zero-order valence-corrected chi connectivity index (χ0v) is 10.6. The number of aliphatic hydroxyl groups excluding tert-OH is 1. The molecule has 0 heterocycles. The number of hydrogen-bond acceptors (Lipinski definition) is 4. The Morgan fingerprint density at radius 2 is 1.95 bits per heavy atom. The van der Waals surface area contributed by atoms with E-state index in [1.54, 1.807) is 31.4 Å². The fraction of sp³-hybridized carbons (Fsp3) is 0.385. The van der Waals surface area contributed by atoms with Crippen molar-refractivity contribution in [3.8, 4) is 5.75 Å². The molecule has 0 spiro atoms. The van der Waals surface area contributed by atoms with Crippen LogP contribution >= 0.6 is 0 Å². The number of rotatable bonds is 7. The Morgan fingerprint density at radius 1 is 1.32 bits per heavy atom. The largest absolute Gasteiger partial charge is 0.497 e. The van der Waals surface area contributed by atoms with E-state index < -0.39 is 24.5 Å². The van der Waals surface area contributed by atoms with Crippen molar-refractivity contribution in [2.75, 3.05) is 13.7 Å². The zero-order valence-electron chi connectivity index (χ0n) is 10.6. The van der Waals surface area contributed by atoms with E-state index >= 15 is 0 Å². The predicted molar refractivity (Wildman–Crippen MR) is 67.8 cm³/mol. The second-order valence-electron chi connectivity index (χ2n) is 4.00. The van der Waals surface area contributed by atoms with Crippen LogP contribution in [-0.4, -0.2) is 35.7 Å². The lowest BCUT2D eigenvalue weighted by molar-refractivity contribution is -0.138. The number of benzene rings is 1. The summed E-state index contributed by atoms with van der Waals surface area (Å²) in [6.07, 6.45) is -0.459. The van der Waals surface area contributed by atoms with Gasteiger partial charge in [-0.2, -0.15) is 0 Å². The first kappa shape index (κ1) is 15.0. The second kappa shape index (κ2) is 7.38. The Bertz CT molecular complexity index is 429. The highest BCUT2D eigenvalue weighted by molar-refractivity contribution is 5.81. The molecule has 0 aromatic heterocycles. The quantitative estimate of drug-likeness (QED) is 0.676. The SMILES string of the molecule is COc1ccc(C(O)CCC(=O)NCC(=O)O)cc1. The van der Waals surface area contributed by atoms with Crippen molar-refractivity contribution in [3.05, 3.63) is 29.8 Å². The Kier molecular flexibility index (Phi) is 5.81. The molecule has 1 aromatic rings. The molecule has 0 aliphatic carbocycles. The fourth-order valence-electron chi connectivity index (χ4n) is 1.52. The van der Waals surface area contributed by atoms with Gasteiger partial charge < -0.3 is 20.3 Å². The summed E-state index contributed by atoms with van der Waals surface area (Å²) in [6, 6.07) is 6.89. The number of carbonyl (C=O) groups is 2. The van der Waals surface area contributed by atoms with Crippen molar-refractivity contribution in [1.82, 2.24) is 5.32 Å². The Morgan fingerprint density at radius 3 is 2.47 bits per heavy atom. The highest BCUT2D eigenvalue weighted by Crippen LogP contribution is 2.20. The fourth-order valence-corrected chi connectivity index (χ4v) is 1.52. The first-order chi connectivity index (χ1) is 9.02. The van der Waals surface area contributed by atoms with Crippen LogP contribution in [0.1, 0.15) is 24.5 Å². The standard InChI is InChI=1S/C13H17NO5/c1-19-10-4-2-9(3-5-10)11(15)6-7-12(16)14-8-13(17)18/h2-5,11,15H,6-8H2,1H3,(H,14,16)(H,17,18). The molecule has 104 valence electrons. The molecule has 0 radical (unpaired) electrons. The number of nitrogens with one attached hydrogen (secondary N) is 1. The monoisotopic (exact) mass is 267 g/mol. The van der Waals surface area contributed by atoms with Crippen LogP contribution in [0.3, 0.4) is 0 Å². The van der Waals surface area contributed by atoms with Gasteiger partial charge in [0.1, 0.15) is 12.3 Å².